The maximum absolute atomic E-state index is 11.1. The van der Waals surface area contributed by atoms with Crippen LogP contribution in [-0.2, 0) is 0 Å². The number of hydrogen-bond acceptors (Lipinski definition) is 1. The van der Waals surface area contributed by atoms with Crippen molar-refractivity contribution in [3.63, 3.8) is 0 Å². The lowest BCUT2D eigenvalue weighted by atomic mass is 10.0. The summed E-state index contributed by atoms with van der Waals surface area (Å²) in [5, 5.41) is 1.10. The molecular weight excluding hydrogens is 280 g/mol. The number of H-pyrrole nitrogens is 1. The van der Waals surface area contributed by atoms with Gasteiger partial charge in [-0.25, -0.2) is 0 Å². The molecule has 5 heteroatoms. The normalized spacial score (nSPS) is 10.6. The third-order valence-electron chi connectivity index (χ3n) is 2.44. The number of benzene rings is 1. The van der Waals surface area contributed by atoms with Crippen LogP contribution in [0.5, 0.6) is 0 Å². The van der Waals surface area contributed by atoms with Gasteiger partial charge in [0.25, 0.3) is 0 Å². The second-order valence-electron chi connectivity index (χ2n) is 3.58. The molecule has 88 valence electrons. The predicted molar refractivity (Wildman–Crippen MR) is 72.3 cm³/mol. The third kappa shape index (κ3) is 2.34. The van der Waals surface area contributed by atoms with E-state index in [1.54, 1.807) is 25.1 Å². The second kappa shape index (κ2) is 4.73. The highest BCUT2D eigenvalue weighted by molar-refractivity contribution is 6.49. The van der Waals surface area contributed by atoms with Crippen molar-refractivity contribution in [2.45, 2.75) is 6.92 Å². The lowest BCUT2D eigenvalue weighted by molar-refractivity contribution is 1.15. The van der Waals surface area contributed by atoms with Gasteiger partial charge in [0, 0.05) is 22.9 Å². The number of hydrogen-bond donors (Lipinski definition) is 1. The molecule has 0 amide bonds. The average Bonchev–Trinajstić information content (AvgIpc) is 2.28. The zero-order chi connectivity index (χ0) is 12.6. The quantitative estimate of drug-likeness (QED) is 0.779. The Morgan fingerprint density at radius 3 is 2.24 bits per heavy atom. The van der Waals surface area contributed by atoms with E-state index in [4.69, 9.17) is 34.8 Å². The van der Waals surface area contributed by atoms with Crippen molar-refractivity contribution in [1.82, 2.24) is 4.98 Å². The summed E-state index contributed by atoms with van der Waals surface area (Å²) in [6.45, 7) is 1.80. The Morgan fingerprint density at radius 2 is 1.59 bits per heavy atom. The third-order valence-corrected chi connectivity index (χ3v) is 3.74. The van der Waals surface area contributed by atoms with Crippen LogP contribution in [0.15, 0.2) is 29.1 Å². The summed E-state index contributed by atoms with van der Waals surface area (Å²) in [5.41, 5.74) is 2.16. The highest BCUT2D eigenvalue weighted by Gasteiger charge is 2.12. The summed E-state index contributed by atoms with van der Waals surface area (Å²) in [5.74, 6) is 0. The number of halogens is 3. The molecule has 17 heavy (non-hydrogen) atoms. The minimum Gasteiger partial charge on any atom is -0.326 e. The summed E-state index contributed by atoms with van der Waals surface area (Å²) < 4.78 is 0. The van der Waals surface area contributed by atoms with E-state index >= 15 is 0 Å². The summed E-state index contributed by atoms with van der Waals surface area (Å²) in [4.78, 5) is 13.9. The Morgan fingerprint density at radius 1 is 0.941 bits per heavy atom. The number of pyridine rings is 1. The Hall–Kier alpha value is -0.960. The molecule has 0 aliphatic carbocycles. The fraction of sp³-hybridized carbons (Fsp3) is 0.0833. The molecule has 1 aromatic carbocycles. The van der Waals surface area contributed by atoms with Gasteiger partial charge in [-0.2, -0.15) is 0 Å². The van der Waals surface area contributed by atoms with Crippen LogP contribution in [0.25, 0.3) is 11.1 Å². The van der Waals surface area contributed by atoms with Gasteiger partial charge in [-0.05, 0) is 19.1 Å². The molecule has 2 rings (SSSR count). The molecule has 2 aromatic rings. The number of rotatable bonds is 1. The number of aryl methyl sites for hydroxylation is 1. The van der Waals surface area contributed by atoms with E-state index in [2.05, 4.69) is 4.98 Å². The predicted octanol–water partition coefficient (Wildman–Crippen LogP) is 4.31. The molecule has 0 saturated carbocycles. The molecule has 0 saturated heterocycles. The maximum atomic E-state index is 11.1. The molecule has 0 aliphatic rings. The summed E-state index contributed by atoms with van der Waals surface area (Å²) in [6, 6.07) is 6.60. The largest absolute Gasteiger partial charge is 0.326 e. The monoisotopic (exact) mass is 287 g/mol. The van der Waals surface area contributed by atoms with Crippen molar-refractivity contribution in [2.24, 2.45) is 0 Å². The van der Waals surface area contributed by atoms with E-state index in [9.17, 15) is 4.79 Å². The number of aromatic amines is 1. The second-order valence-corrected chi connectivity index (χ2v) is 4.75. The van der Waals surface area contributed by atoms with Crippen LogP contribution in [0.4, 0.5) is 0 Å². The van der Waals surface area contributed by atoms with Crippen LogP contribution in [0.3, 0.4) is 0 Å². The molecule has 0 aliphatic heterocycles. The Labute approximate surface area is 113 Å². The van der Waals surface area contributed by atoms with E-state index in [-0.39, 0.29) is 5.56 Å². The SMILES string of the molecule is Cc1[nH]c(=O)ccc1-c1ccc(Cl)c(Cl)c1Cl. The number of nitrogens with one attached hydrogen (secondary N) is 1. The van der Waals surface area contributed by atoms with E-state index in [1.807, 2.05) is 0 Å². The van der Waals surface area contributed by atoms with Crippen LogP contribution in [0.2, 0.25) is 15.1 Å². The van der Waals surface area contributed by atoms with Crippen molar-refractivity contribution in [3.05, 3.63) is 55.4 Å². The summed E-state index contributed by atoms with van der Waals surface area (Å²) in [6.07, 6.45) is 0. The fourth-order valence-corrected chi connectivity index (χ4v) is 2.24. The van der Waals surface area contributed by atoms with Gasteiger partial charge in [0.05, 0.1) is 15.1 Å². The van der Waals surface area contributed by atoms with Crippen molar-refractivity contribution in [1.29, 1.82) is 0 Å². The first-order valence-electron chi connectivity index (χ1n) is 4.84. The van der Waals surface area contributed by atoms with E-state index in [0.29, 0.717) is 15.1 Å². The van der Waals surface area contributed by atoms with Crippen LogP contribution in [-0.4, -0.2) is 4.98 Å². The van der Waals surface area contributed by atoms with Crippen LogP contribution in [0, 0.1) is 6.92 Å². The van der Waals surface area contributed by atoms with E-state index < -0.39 is 0 Å². The van der Waals surface area contributed by atoms with Gasteiger partial charge in [0.1, 0.15) is 0 Å². The Bertz CT molecular complexity index is 634. The molecule has 2 nitrogen and oxygen atoms in total. The summed E-state index contributed by atoms with van der Waals surface area (Å²) in [7, 11) is 0. The summed E-state index contributed by atoms with van der Waals surface area (Å²) >= 11 is 18.0. The Kier molecular flexibility index (Phi) is 3.48. The smallest absolute Gasteiger partial charge is 0.248 e. The molecule has 0 spiro atoms. The first-order valence-corrected chi connectivity index (χ1v) is 5.98. The molecule has 1 heterocycles. The highest BCUT2D eigenvalue weighted by Crippen LogP contribution is 2.38. The van der Waals surface area contributed by atoms with Gasteiger partial charge in [-0.3, -0.25) is 4.79 Å². The standard InChI is InChI=1S/C12H8Cl3NO/c1-6-7(3-5-10(17)16-6)8-2-4-9(13)12(15)11(8)14/h2-5H,1H3,(H,16,17). The first-order chi connectivity index (χ1) is 8.00. The first kappa shape index (κ1) is 12.5. The molecule has 1 N–H and O–H groups in total. The van der Waals surface area contributed by atoms with Gasteiger partial charge in [0.15, 0.2) is 0 Å². The molecular formula is C12H8Cl3NO. The zero-order valence-corrected chi connectivity index (χ0v) is 11.1. The Balaban J connectivity index is 2.69. The van der Waals surface area contributed by atoms with Gasteiger partial charge in [-0.15, -0.1) is 0 Å². The molecule has 0 radical (unpaired) electrons. The lowest BCUT2D eigenvalue weighted by Gasteiger charge is -2.09. The van der Waals surface area contributed by atoms with Crippen molar-refractivity contribution >= 4 is 34.8 Å². The van der Waals surface area contributed by atoms with Gasteiger partial charge >= 0.3 is 0 Å². The number of aromatic nitrogens is 1. The van der Waals surface area contributed by atoms with Gasteiger partial charge < -0.3 is 4.98 Å². The maximum Gasteiger partial charge on any atom is 0.248 e. The topological polar surface area (TPSA) is 32.9 Å². The molecule has 0 unspecified atom stereocenters. The van der Waals surface area contributed by atoms with E-state index in [1.165, 1.54) is 6.07 Å². The van der Waals surface area contributed by atoms with Crippen molar-refractivity contribution < 1.29 is 0 Å². The van der Waals surface area contributed by atoms with Gasteiger partial charge in [-0.1, -0.05) is 40.9 Å². The lowest BCUT2D eigenvalue weighted by Crippen LogP contribution is -2.05. The highest BCUT2D eigenvalue weighted by atomic mass is 35.5. The minimum atomic E-state index is -0.151. The van der Waals surface area contributed by atoms with Crippen LogP contribution < -0.4 is 5.56 Å². The molecule has 0 fully saturated rings. The van der Waals surface area contributed by atoms with Crippen LogP contribution in [0.1, 0.15) is 5.69 Å². The molecule has 1 aromatic heterocycles. The van der Waals surface area contributed by atoms with E-state index in [0.717, 1.165) is 16.8 Å². The molecule has 0 atom stereocenters. The zero-order valence-electron chi connectivity index (χ0n) is 8.85. The average molecular weight is 289 g/mol. The molecule has 0 bridgehead atoms. The van der Waals surface area contributed by atoms with Crippen molar-refractivity contribution in [3.8, 4) is 11.1 Å². The fourth-order valence-electron chi connectivity index (χ4n) is 1.60. The van der Waals surface area contributed by atoms with Gasteiger partial charge in [0.2, 0.25) is 5.56 Å². The van der Waals surface area contributed by atoms with Crippen LogP contribution >= 0.6 is 34.8 Å². The van der Waals surface area contributed by atoms with Crippen molar-refractivity contribution in [2.75, 3.05) is 0 Å². The minimum absolute atomic E-state index is 0.151.